The van der Waals surface area contributed by atoms with Gasteiger partial charge in [0.05, 0.1) is 5.69 Å². The van der Waals surface area contributed by atoms with Crippen LogP contribution in [-0.4, -0.2) is 25.3 Å². The summed E-state index contributed by atoms with van der Waals surface area (Å²) in [5.41, 5.74) is 6.15. The molecule has 6 heteroatoms. The Morgan fingerprint density at radius 2 is 2.11 bits per heavy atom. The third-order valence-corrected chi connectivity index (χ3v) is 5.75. The van der Waals surface area contributed by atoms with Crippen molar-refractivity contribution in [2.45, 2.75) is 43.5 Å². The molecule has 1 aromatic rings. The lowest BCUT2D eigenvalue weighted by atomic mass is 10.3. The lowest BCUT2D eigenvalue weighted by Gasteiger charge is -2.22. The zero-order valence-corrected chi connectivity index (χ0v) is 13.4. The SMILES string of the molecule is CCCCN(C1CC1)S(=O)(=O)c1cc(Br)ccc1N. The van der Waals surface area contributed by atoms with Crippen LogP contribution in [0.5, 0.6) is 0 Å². The second-order valence-corrected chi connectivity index (χ2v) is 7.66. The van der Waals surface area contributed by atoms with E-state index in [9.17, 15) is 8.42 Å². The van der Waals surface area contributed by atoms with E-state index in [1.165, 1.54) is 0 Å². The fraction of sp³-hybridized carbons (Fsp3) is 0.538. The molecule has 0 aliphatic heterocycles. The molecule has 4 nitrogen and oxygen atoms in total. The van der Waals surface area contributed by atoms with E-state index >= 15 is 0 Å². The summed E-state index contributed by atoms with van der Waals surface area (Å²) in [5.74, 6) is 0. The predicted molar refractivity (Wildman–Crippen MR) is 80.4 cm³/mol. The molecule has 1 aromatic carbocycles. The van der Waals surface area contributed by atoms with Gasteiger partial charge in [0, 0.05) is 17.1 Å². The molecule has 2 N–H and O–H groups in total. The smallest absolute Gasteiger partial charge is 0.245 e. The molecule has 106 valence electrons. The van der Waals surface area contributed by atoms with Crippen molar-refractivity contribution in [3.63, 3.8) is 0 Å². The number of rotatable bonds is 6. The van der Waals surface area contributed by atoms with Crippen molar-refractivity contribution in [1.29, 1.82) is 0 Å². The van der Waals surface area contributed by atoms with Gasteiger partial charge in [0.2, 0.25) is 10.0 Å². The number of nitrogens with zero attached hydrogens (tertiary/aromatic N) is 1. The maximum Gasteiger partial charge on any atom is 0.245 e. The lowest BCUT2D eigenvalue weighted by molar-refractivity contribution is 0.396. The molecule has 0 unspecified atom stereocenters. The van der Waals surface area contributed by atoms with Crippen molar-refractivity contribution in [3.8, 4) is 0 Å². The summed E-state index contributed by atoms with van der Waals surface area (Å²) in [6.07, 6.45) is 3.77. The van der Waals surface area contributed by atoms with Crippen molar-refractivity contribution in [2.75, 3.05) is 12.3 Å². The topological polar surface area (TPSA) is 63.4 Å². The average Bonchev–Trinajstić information content (AvgIpc) is 3.17. The fourth-order valence-electron chi connectivity index (χ4n) is 2.03. The van der Waals surface area contributed by atoms with E-state index < -0.39 is 10.0 Å². The van der Waals surface area contributed by atoms with E-state index in [2.05, 4.69) is 22.9 Å². The molecule has 0 amide bonds. The molecule has 0 aromatic heterocycles. The maximum absolute atomic E-state index is 12.7. The number of halogens is 1. The molecule has 0 saturated heterocycles. The van der Waals surface area contributed by atoms with Crippen LogP contribution in [-0.2, 0) is 10.0 Å². The Morgan fingerprint density at radius 1 is 1.42 bits per heavy atom. The first kappa shape index (κ1) is 14.8. The lowest BCUT2D eigenvalue weighted by Crippen LogP contribution is -2.34. The van der Waals surface area contributed by atoms with E-state index in [4.69, 9.17) is 5.73 Å². The highest BCUT2D eigenvalue weighted by Gasteiger charge is 2.38. The minimum absolute atomic E-state index is 0.162. The molecule has 0 atom stereocenters. The predicted octanol–water partition coefficient (Wildman–Crippen LogP) is 2.98. The van der Waals surface area contributed by atoms with Crippen LogP contribution in [0.25, 0.3) is 0 Å². The molecule has 1 aliphatic rings. The Labute approximate surface area is 123 Å². The second kappa shape index (κ2) is 5.81. The molecular weight excluding hydrogens is 328 g/mol. The molecule has 0 spiro atoms. The van der Waals surface area contributed by atoms with Gasteiger partial charge in [-0.1, -0.05) is 29.3 Å². The highest BCUT2D eigenvalue weighted by Crippen LogP contribution is 2.34. The highest BCUT2D eigenvalue weighted by molar-refractivity contribution is 9.10. The Balaban J connectivity index is 2.35. The third-order valence-electron chi connectivity index (χ3n) is 3.25. The highest BCUT2D eigenvalue weighted by atomic mass is 79.9. The number of hydrogen-bond donors (Lipinski definition) is 1. The first-order valence-electron chi connectivity index (χ1n) is 6.53. The van der Waals surface area contributed by atoms with Crippen molar-refractivity contribution >= 4 is 31.6 Å². The van der Waals surface area contributed by atoms with Crippen LogP contribution >= 0.6 is 15.9 Å². The van der Waals surface area contributed by atoms with E-state index in [0.717, 1.165) is 30.2 Å². The van der Waals surface area contributed by atoms with Crippen LogP contribution in [0, 0.1) is 0 Å². The molecule has 19 heavy (non-hydrogen) atoms. The number of hydrogen-bond acceptors (Lipinski definition) is 3. The zero-order chi connectivity index (χ0) is 14.0. The molecule has 1 aliphatic carbocycles. The maximum atomic E-state index is 12.7. The molecule has 2 rings (SSSR count). The number of anilines is 1. The Kier molecular flexibility index (Phi) is 4.53. The minimum Gasteiger partial charge on any atom is -0.398 e. The van der Waals surface area contributed by atoms with Gasteiger partial charge in [-0.05, 0) is 37.5 Å². The number of nitrogen functional groups attached to an aromatic ring is 1. The van der Waals surface area contributed by atoms with Crippen LogP contribution < -0.4 is 5.73 Å². The summed E-state index contributed by atoms with van der Waals surface area (Å²) in [4.78, 5) is 0.213. The Bertz CT molecular complexity index is 556. The molecular formula is C13H19BrN2O2S. The Hall–Kier alpha value is -0.590. The number of sulfonamides is 1. The zero-order valence-electron chi connectivity index (χ0n) is 11.0. The van der Waals surface area contributed by atoms with E-state index in [0.29, 0.717) is 12.2 Å². The van der Waals surface area contributed by atoms with Crippen molar-refractivity contribution < 1.29 is 8.42 Å². The standard InChI is InChI=1S/C13H19BrN2O2S/c1-2-3-8-16(11-5-6-11)19(17,18)13-9-10(14)4-7-12(13)15/h4,7,9,11H,2-3,5-6,8,15H2,1H3. The van der Waals surface area contributed by atoms with E-state index in [-0.39, 0.29) is 10.9 Å². The van der Waals surface area contributed by atoms with Gasteiger partial charge in [0.1, 0.15) is 4.90 Å². The van der Waals surface area contributed by atoms with Gasteiger partial charge in [-0.2, -0.15) is 4.31 Å². The largest absolute Gasteiger partial charge is 0.398 e. The van der Waals surface area contributed by atoms with Crippen molar-refractivity contribution in [3.05, 3.63) is 22.7 Å². The molecule has 0 radical (unpaired) electrons. The Morgan fingerprint density at radius 3 is 2.68 bits per heavy atom. The minimum atomic E-state index is -3.48. The van der Waals surface area contributed by atoms with Crippen LogP contribution in [0.3, 0.4) is 0 Å². The summed E-state index contributed by atoms with van der Waals surface area (Å²) in [6, 6.07) is 5.13. The van der Waals surface area contributed by atoms with Gasteiger partial charge in [-0.15, -0.1) is 0 Å². The van der Waals surface area contributed by atoms with Crippen LogP contribution in [0.1, 0.15) is 32.6 Å². The van der Waals surface area contributed by atoms with E-state index in [1.54, 1.807) is 22.5 Å². The van der Waals surface area contributed by atoms with Gasteiger partial charge in [0.15, 0.2) is 0 Å². The second-order valence-electron chi connectivity index (χ2n) is 4.88. The number of nitrogens with two attached hydrogens (primary N) is 1. The molecule has 0 heterocycles. The monoisotopic (exact) mass is 346 g/mol. The van der Waals surface area contributed by atoms with Gasteiger partial charge in [-0.3, -0.25) is 0 Å². The van der Waals surface area contributed by atoms with Crippen molar-refractivity contribution in [2.24, 2.45) is 0 Å². The van der Waals surface area contributed by atoms with Crippen LogP contribution in [0.15, 0.2) is 27.6 Å². The van der Waals surface area contributed by atoms with Gasteiger partial charge in [-0.25, -0.2) is 8.42 Å². The van der Waals surface area contributed by atoms with Gasteiger partial charge < -0.3 is 5.73 Å². The van der Waals surface area contributed by atoms with Crippen LogP contribution in [0.2, 0.25) is 0 Å². The summed E-state index contributed by atoms with van der Waals surface area (Å²) in [5, 5.41) is 0. The summed E-state index contributed by atoms with van der Waals surface area (Å²) < 4.78 is 27.8. The van der Waals surface area contributed by atoms with Crippen molar-refractivity contribution in [1.82, 2.24) is 4.31 Å². The quantitative estimate of drug-likeness (QED) is 0.805. The first-order chi connectivity index (χ1) is 8.96. The number of unbranched alkanes of at least 4 members (excludes halogenated alkanes) is 1. The molecule has 1 saturated carbocycles. The molecule has 1 fully saturated rings. The first-order valence-corrected chi connectivity index (χ1v) is 8.77. The van der Waals surface area contributed by atoms with Gasteiger partial charge >= 0.3 is 0 Å². The summed E-state index contributed by atoms with van der Waals surface area (Å²) in [6.45, 7) is 2.64. The summed E-state index contributed by atoms with van der Waals surface area (Å²) >= 11 is 3.30. The van der Waals surface area contributed by atoms with Crippen LogP contribution in [0.4, 0.5) is 5.69 Å². The number of benzene rings is 1. The molecule has 0 bridgehead atoms. The average molecular weight is 347 g/mol. The normalized spacial score (nSPS) is 15.9. The fourth-order valence-corrected chi connectivity index (χ4v) is 4.41. The third kappa shape index (κ3) is 3.30. The summed E-state index contributed by atoms with van der Waals surface area (Å²) in [7, 11) is -3.48. The van der Waals surface area contributed by atoms with E-state index in [1.807, 2.05) is 0 Å². The van der Waals surface area contributed by atoms with Gasteiger partial charge in [0.25, 0.3) is 0 Å².